The second-order valence-corrected chi connectivity index (χ2v) is 7.76. The van der Waals surface area contributed by atoms with E-state index in [-0.39, 0.29) is 19.4 Å². The second kappa shape index (κ2) is 8.81. The van der Waals surface area contributed by atoms with Crippen LogP contribution in [-0.4, -0.2) is 16.1 Å². The molecule has 0 bridgehead atoms. The molecule has 9 heteroatoms. The van der Waals surface area contributed by atoms with Crippen LogP contribution in [0.15, 0.2) is 66.7 Å². The largest absolute Gasteiger partial charge is 0.461 e. The molecule has 0 saturated heterocycles. The monoisotopic (exact) mass is 488 g/mol. The van der Waals surface area contributed by atoms with Crippen LogP contribution < -0.4 is 5.63 Å². The van der Waals surface area contributed by atoms with Crippen molar-refractivity contribution in [1.82, 2.24) is 10.1 Å². The highest BCUT2D eigenvalue weighted by molar-refractivity contribution is 9.10. The number of hydrogen-bond donors (Lipinski definition) is 0. The summed E-state index contributed by atoms with van der Waals surface area (Å²) >= 11 is 9.20. The smallest absolute Gasteiger partial charge is 0.336 e. The van der Waals surface area contributed by atoms with Gasteiger partial charge in [0.05, 0.1) is 6.42 Å². The van der Waals surface area contributed by atoms with Crippen molar-refractivity contribution >= 4 is 44.5 Å². The fourth-order valence-corrected chi connectivity index (χ4v) is 3.30. The summed E-state index contributed by atoms with van der Waals surface area (Å²) in [5.41, 5.74) is 1.25. The van der Waals surface area contributed by atoms with E-state index in [9.17, 15) is 9.59 Å². The molecule has 0 radical (unpaired) electrons. The van der Waals surface area contributed by atoms with Gasteiger partial charge in [0.2, 0.25) is 11.7 Å². The molecule has 0 N–H and O–H groups in total. The first-order chi connectivity index (χ1) is 14.5. The van der Waals surface area contributed by atoms with E-state index < -0.39 is 11.6 Å². The van der Waals surface area contributed by atoms with Gasteiger partial charge in [0.15, 0.2) is 0 Å². The van der Waals surface area contributed by atoms with E-state index in [1.54, 1.807) is 36.4 Å². The van der Waals surface area contributed by atoms with Crippen LogP contribution in [-0.2, 0) is 22.6 Å². The maximum Gasteiger partial charge on any atom is 0.336 e. The molecule has 0 aliphatic rings. The van der Waals surface area contributed by atoms with Crippen LogP contribution in [0.25, 0.3) is 22.4 Å². The van der Waals surface area contributed by atoms with Gasteiger partial charge in [-0.25, -0.2) is 4.79 Å². The molecule has 0 atom stereocenters. The zero-order valence-electron chi connectivity index (χ0n) is 15.4. The third kappa shape index (κ3) is 4.77. The van der Waals surface area contributed by atoms with Crippen LogP contribution >= 0.6 is 27.5 Å². The van der Waals surface area contributed by atoms with Crippen molar-refractivity contribution in [1.29, 1.82) is 0 Å². The number of rotatable bonds is 6. The van der Waals surface area contributed by atoms with Gasteiger partial charge in [-0.2, -0.15) is 4.98 Å². The van der Waals surface area contributed by atoms with Crippen LogP contribution in [0.3, 0.4) is 0 Å². The molecule has 0 amide bonds. The topological polar surface area (TPSA) is 95.4 Å². The number of esters is 1. The van der Waals surface area contributed by atoms with Crippen molar-refractivity contribution in [3.05, 3.63) is 79.9 Å². The lowest BCUT2D eigenvalue weighted by Crippen LogP contribution is -2.08. The standard InChI is InChI=1S/C21H14BrClN2O5/c22-14-3-6-16-13(9-20(27)29-17(16)10-14)11-28-19(26)8-7-18-24-21(25-30-18)12-1-4-15(23)5-2-12/h1-6,9-10H,7-8,11H2. The van der Waals surface area contributed by atoms with Crippen molar-refractivity contribution in [2.75, 3.05) is 0 Å². The van der Waals surface area contributed by atoms with Gasteiger partial charge < -0.3 is 13.7 Å². The summed E-state index contributed by atoms with van der Waals surface area (Å²) in [6.45, 7) is -0.0393. The number of ether oxygens (including phenoxy) is 1. The zero-order valence-corrected chi connectivity index (χ0v) is 17.8. The van der Waals surface area contributed by atoms with E-state index in [0.29, 0.717) is 33.3 Å². The van der Waals surface area contributed by atoms with Gasteiger partial charge in [0.1, 0.15) is 12.2 Å². The summed E-state index contributed by atoms with van der Waals surface area (Å²) < 4.78 is 16.5. The fraction of sp³-hybridized carbons (Fsp3) is 0.143. The molecule has 7 nitrogen and oxygen atoms in total. The first-order valence-corrected chi connectivity index (χ1v) is 10.1. The highest BCUT2D eigenvalue weighted by Gasteiger charge is 2.13. The molecule has 2 aromatic carbocycles. The molecule has 0 aliphatic heterocycles. The lowest BCUT2D eigenvalue weighted by atomic mass is 10.1. The zero-order chi connectivity index (χ0) is 21.1. The molecule has 152 valence electrons. The van der Waals surface area contributed by atoms with Gasteiger partial charge >= 0.3 is 11.6 Å². The Kier molecular flexibility index (Phi) is 5.96. The van der Waals surface area contributed by atoms with Gasteiger partial charge in [-0.1, -0.05) is 32.7 Å². The Morgan fingerprint density at radius 3 is 2.73 bits per heavy atom. The van der Waals surface area contributed by atoms with Crippen LogP contribution in [0.4, 0.5) is 0 Å². The SMILES string of the molecule is O=C(CCc1nc(-c2ccc(Cl)cc2)no1)OCc1cc(=O)oc2cc(Br)ccc12. The predicted molar refractivity (Wildman–Crippen MR) is 113 cm³/mol. The average Bonchev–Trinajstić information content (AvgIpc) is 3.19. The van der Waals surface area contributed by atoms with E-state index in [1.807, 2.05) is 6.07 Å². The summed E-state index contributed by atoms with van der Waals surface area (Å²) in [5.74, 6) is 0.302. The molecule has 4 rings (SSSR count). The number of nitrogens with zero attached hydrogens (tertiary/aromatic N) is 2. The summed E-state index contributed by atoms with van der Waals surface area (Å²) in [6, 6.07) is 13.7. The van der Waals surface area contributed by atoms with Gasteiger partial charge in [0.25, 0.3) is 0 Å². The molecule has 0 spiro atoms. The molecule has 2 aromatic heterocycles. The Morgan fingerprint density at radius 1 is 1.13 bits per heavy atom. The van der Waals surface area contributed by atoms with Crippen molar-refractivity contribution in [2.45, 2.75) is 19.4 Å². The number of hydrogen-bond acceptors (Lipinski definition) is 7. The molecule has 0 unspecified atom stereocenters. The average molecular weight is 490 g/mol. The Bertz CT molecular complexity index is 1270. The quantitative estimate of drug-likeness (QED) is 0.280. The van der Waals surface area contributed by atoms with E-state index in [2.05, 4.69) is 26.1 Å². The molecule has 4 aromatic rings. The van der Waals surface area contributed by atoms with E-state index in [1.165, 1.54) is 6.07 Å². The number of aromatic nitrogens is 2. The number of halogens is 2. The van der Waals surface area contributed by atoms with E-state index in [0.717, 1.165) is 10.0 Å². The minimum Gasteiger partial charge on any atom is -0.461 e. The lowest BCUT2D eigenvalue weighted by Gasteiger charge is -2.07. The highest BCUT2D eigenvalue weighted by atomic mass is 79.9. The maximum absolute atomic E-state index is 12.1. The van der Waals surface area contributed by atoms with Gasteiger partial charge in [-0.05, 0) is 42.5 Å². The molecule has 0 saturated carbocycles. The molecular formula is C21H14BrClN2O5. The minimum atomic E-state index is -0.507. The molecule has 2 heterocycles. The predicted octanol–water partition coefficient (Wildman–Crippen LogP) is 4.93. The molecule has 0 fully saturated rings. The van der Waals surface area contributed by atoms with Crippen LogP contribution in [0.1, 0.15) is 17.9 Å². The van der Waals surface area contributed by atoms with Gasteiger partial charge in [-0.15, -0.1) is 0 Å². The fourth-order valence-electron chi connectivity index (χ4n) is 2.84. The Morgan fingerprint density at radius 2 is 1.93 bits per heavy atom. The number of carbonyl (C=O) groups excluding carboxylic acids is 1. The Balaban J connectivity index is 1.36. The van der Waals surface area contributed by atoms with Crippen molar-refractivity contribution in [2.24, 2.45) is 0 Å². The van der Waals surface area contributed by atoms with Gasteiger partial charge in [0, 0.05) is 38.5 Å². The Hall–Kier alpha value is -2.97. The molecule has 30 heavy (non-hydrogen) atoms. The normalized spacial score (nSPS) is 11.0. The molecular weight excluding hydrogens is 476 g/mol. The van der Waals surface area contributed by atoms with Crippen LogP contribution in [0.2, 0.25) is 5.02 Å². The van der Waals surface area contributed by atoms with Crippen molar-refractivity contribution in [3.63, 3.8) is 0 Å². The van der Waals surface area contributed by atoms with Crippen LogP contribution in [0.5, 0.6) is 0 Å². The van der Waals surface area contributed by atoms with E-state index >= 15 is 0 Å². The first-order valence-electron chi connectivity index (χ1n) is 8.94. The number of aryl methyl sites for hydroxylation is 1. The van der Waals surface area contributed by atoms with Gasteiger partial charge in [-0.3, -0.25) is 4.79 Å². The van der Waals surface area contributed by atoms with Crippen molar-refractivity contribution in [3.8, 4) is 11.4 Å². The number of fused-ring (bicyclic) bond motifs is 1. The summed E-state index contributed by atoms with van der Waals surface area (Å²) in [4.78, 5) is 28.2. The second-order valence-electron chi connectivity index (χ2n) is 6.41. The summed E-state index contributed by atoms with van der Waals surface area (Å²) in [7, 11) is 0. The Labute approximate surface area is 183 Å². The lowest BCUT2D eigenvalue weighted by molar-refractivity contribution is -0.145. The third-order valence-corrected chi connectivity index (χ3v) is 5.04. The molecule has 0 aliphatic carbocycles. The summed E-state index contributed by atoms with van der Waals surface area (Å²) in [6.07, 6.45) is 0.303. The summed E-state index contributed by atoms with van der Waals surface area (Å²) in [5, 5.41) is 5.22. The number of carbonyl (C=O) groups is 1. The number of benzene rings is 2. The third-order valence-electron chi connectivity index (χ3n) is 4.29. The minimum absolute atomic E-state index is 0.0393. The van der Waals surface area contributed by atoms with Crippen LogP contribution in [0, 0.1) is 0 Å². The van der Waals surface area contributed by atoms with Crippen molar-refractivity contribution < 1.29 is 18.5 Å². The highest BCUT2D eigenvalue weighted by Crippen LogP contribution is 2.22. The first kappa shape index (κ1) is 20.3. The van der Waals surface area contributed by atoms with E-state index in [4.69, 9.17) is 25.3 Å². The maximum atomic E-state index is 12.1.